The zero-order valence-electron chi connectivity index (χ0n) is 13.7. The molecule has 13 heteroatoms. The number of hydrogen-bond acceptors (Lipinski definition) is 6. The molecule has 0 aliphatic carbocycles. The van der Waals surface area contributed by atoms with Gasteiger partial charge in [-0.2, -0.15) is 18.4 Å². The van der Waals surface area contributed by atoms with Crippen molar-refractivity contribution in [1.29, 1.82) is 0 Å². The molecule has 0 aliphatic heterocycles. The van der Waals surface area contributed by atoms with Crippen LogP contribution in [0.4, 0.5) is 35.0 Å². The van der Waals surface area contributed by atoms with Gasteiger partial charge in [0.2, 0.25) is 5.82 Å². The van der Waals surface area contributed by atoms with Gasteiger partial charge in [0.25, 0.3) is 5.69 Å². The second-order valence-corrected chi connectivity index (χ2v) is 5.42. The third-order valence-electron chi connectivity index (χ3n) is 3.67. The van der Waals surface area contributed by atoms with Gasteiger partial charge in [-0.15, -0.1) is 10.2 Å². The van der Waals surface area contributed by atoms with Crippen LogP contribution in [0.2, 0.25) is 0 Å². The number of nitrogens with one attached hydrogen (secondary N) is 1. The summed E-state index contributed by atoms with van der Waals surface area (Å²) in [7, 11) is 0. The number of H-pyrrole nitrogens is 1. The van der Waals surface area contributed by atoms with E-state index in [0.29, 0.717) is 0 Å². The number of aromatic nitrogens is 4. The van der Waals surface area contributed by atoms with Gasteiger partial charge in [-0.3, -0.25) is 15.0 Å². The number of nitrogens with zero attached hydrogens (tertiary/aromatic N) is 5. The van der Waals surface area contributed by atoms with Crippen LogP contribution >= 0.6 is 0 Å². The summed E-state index contributed by atoms with van der Waals surface area (Å²) < 4.78 is 39.1. The number of rotatable bonds is 4. The fourth-order valence-electron chi connectivity index (χ4n) is 2.49. The number of urea groups is 1. The topological polar surface area (TPSA) is 144 Å². The maximum atomic E-state index is 13.0. The highest BCUT2D eigenvalue weighted by Crippen LogP contribution is 2.38. The van der Waals surface area contributed by atoms with Gasteiger partial charge in [-0.1, -0.05) is 6.07 Å². The lowest BCUT2D eigenvalue weighted by Crippen LogP contribution is -2.32. The molecule has 1 heterocycles. The molecule has 0 spiro atoms. The number of halogens is 3. The van der Waals surface area contributed by atoms with E-state index in [4.69, 9.17) is 5.73 Å². The number of nitrogens with two attached hydrogens (primary N) is 1. The highest BCUT2D eigenvalue weighted by molar-refractivity contribution is 6.02. The number of nitro groups is 1. The van der Waals surface area contributed by atoms with Crippen LogP contribution in [0.5, 0.6) is 0 Å². The Bertz CT molecular complexity index is 1040. The van der Waals surface area contributed by atoms with Crippen molar-refractivity contribution in [2.75, 3.05) is 4.90 Å². The molecule has 0 saturated heterocycles. The molecule has 0 unspecified atom stereocenters. The monoisotopic (exact) mass is 393 g/mol. The average Bonchev–Trinajstić information content (AvgIpc) is 3.16. The van der Waals surface area contributed by atoms with Crippen LogP contribution in [0.1, 0.15) is 5.56 Å². The number of carbonyl (C=O) groups is 1. The highest BCUT2D eigenvalue weighted by Gasteiger charge is 2.32. The van der Waals surface area contributed by atoms with Crippen molar-refractivity contribution in [3.8, 4) is 11.4 Å². The predicted octanol–water partition coefficient (Wildman–Crippen LogP) is 3.01. The van der Waals surface area contributed by atoms with Crippen molar-refractivity contribution >= 4 is 23.1 Å². The molecule has 0 aliphatic rings. The Kier molecular flexibility index (Phi) is 4.65. The number of anilines is 2. The van der Waals surface area contributed by atoms with Crippen LogP contribution in [-0.4, -0.2) is 31.6 Å². The normalized spacial score (nSPS) is 11.2. The van der Waals surface area contributed by atoms with E-state index in [-0.39, 0.29) is 28.5 Å². The molecule has 0 fully saturated rings. The maximum Gasteiger partial charge on any atom is 0.416 e. The number of alkyl halides is 3. The number of amides is 2. The van der Waals surface area contributed by atoms with E-state index < -0.39 is 22.7 Å². The summed E-state index contributed by atoms with van der Waals surface area (Å²) in [4.78, 5) is 23.2. The van der Waals surface area contributed by atoms with E-state index in [2.05, 4.69) is 20.6 Å². The molecule has 3 N–H and O–H groups in total. The molecular formula is C15H10F3N7O3. The molecule has 28 heavy (non-hydrogen) atoms. The van der Waals surface area contributed by atoms with Gasteiger partial charge in [0, 0.05) is 12.1 Å². The summed E-state index contributed by atoms with van der Waals surface area (Å²) in [5.41, 5.74) is 3.76. The molecule has 3 rings (SSSR count). The zero-order chi connectivity index (χ0) is 20.5. The smallest absolute Gasteiger partial charge is 0.351 e. The molecule has 0 saturated carbocycles. The second kappa shape index (κ2) is 6.94. The third kappa shape index (κ3) is 3.58. The fraction of sp³-hybridized carbons (Fsp3) is 0.0667. The van der Waals surface area contributed by atoms with Crippen LogP contribution < -0.4 is 10.6 Å². The van der Waals surface area contributed by atoms with Crippen molar-refractivity contribution < 1.29 is 22.9 Å². The lowest BCUT2D eigenvalue weighted by Gasteiger charge is -2.23. The van der Waals surface area contributed by atoms with Gasteiger partial charge >= 0.3 is 12.2 Å². The Labute approximate surface area is 153 Å². The van der Waals surface area contributed by atoms with Crippen LogP contribution in [0.3, 0.4) is 0 Å². The van der Waals surface area contributed by atoms with Gasteiger partial charge in [0.05, 0.1) is 27.4 Å². The van der Waals surface area contributed by atoms with Crippen molar-refractivity contribution in [2.24, 2.45) is 5.73 Å². The van der Waals surface area contributed by atoms with Crippen LogP contribution in [0.15, 0.2) is 42.5 Å². The van der Waals surface area contributed by atoms with Crippen molar-refractivity contribution in [3.05, 3.63) is 58.1 Å². The summed E-state index contributed by atoms with van der Waals surface area (Å²) in [6.07, 6.45) is -4.65. The van der Waals surface area contributed by atoms with E-state index in [9.17, 15) is 28.1 Å². The van der Waals surface area contributed by atoms with Crippen LogP contribution in [0, 0.1) is 10.1 Å². The zero-order valence-corrected chi connectivity index (χ0v) is 13.7. The number of aromatic amines is 1. The summed E-state index contributed by atoms with van der Waals surface area (Å²) in [6, 6.07) is 6.08. The molecule has 10 nitrogen and oxygen atoms in total. The Morgan fingerprint density at radius 2 is 1.96 bits per heavy atom. The fourth-order valence-corrected chi connectivity index (χ4v) is 2.49. The van der Waals surface area contributed by atoms with E-state index in [0.717, 1.165) is 41.3 Å². The van der Waals surface area contributed by atoms with Gasteiger partial charge in [-0.25, -0.2) is 4.79 Å². The van der Waals surface area contributed by atoms with Gasteiger partial charge in [0.1, 0.15) is 0 Å². The molecule has 0 bridgehead atoms. The minimum Gasteiger partial charge on any atom is -0.351 e. The molecular weight excluding hydrogens is 383 g/mol. The summed E-state index contributed by atoms with van der Waals surface area (Å²) in [6.45, 7) is 0. The van der Waals surface area contributed by atoms with Crippen LogP contribution in [0.25, 0.3) is 11.4 Å². The SMILES string of the molecule is NC(=O)N(c1cccc(C(F)(F)F)c1)c1ccc([N+](=O)[O-])cc1-c1nn[nH]n1. The first-order valence-corrected chi connectivity index (χ1v) is 7.47. The molecule has 1 aromatic heterocycles. The Hall–Kier alpha value is -4.03. The quantitative estimate of drug-likeness (QED) is 0.515. The van der Waals surface area contributed by atoms with E-state index in [1.54, 1.807) is 0 Å². The largest absolute Gasteiger partial charge is 0.416 e. The first-order chi connectivity index (χ1) is 13.2. The molecule has 2 aromatic carbocycles. The third-order valence-corrected chi connectivity index (χ3v) is 3.67. The number of benzene rings is 2. The maximum absolute atomic E-state index is 13.0. The molecule has 0 radical (unpaired) electrons. The Balaban J connectivity index is 2.21. The predicted molar refractivity (Wildman–Crippen MR) is 89.4 cm³/mol. The number of hydrogen-bond donors (Lipinski definition) is 2. The first-order valence-electron chi connectivity index (χ1n) is 7.47. The number of nitro benzene ring substituents is 1. The van der Waals surface area contributed by atoms with E-state index in [1.807, 2.05) is 0 Å². The lowest BCUT2D eigenvalue weighted by molar-refractivity contribution is -0.384. The number of tetrazole rings is 1. The summed E-state index contributed by atoms with van der Waals surface area (Å²) in [5.74, 6) is -0.114. The average molecular weight is 393 g/mol. The molecule has 2 amide bonds. The second-order valence-electron chi connectivity index (χ2n) is 5.42. The summed E-state index contributed by atoms with van der Waals surface area (Å²) >= 11 is 0. The van der Waals surface area contributed by atoms with Gasteiger partial charge in [-0.05, 0) is 29.5 Å². The summed E-state index contributed by atoms with van der Waals surface area (Å²) in [5, 5.41) is 24.0. The highest BCUT2D eigenvalue weighted by atomic mass is 19.4. The molecule has 144 valence electrons. The number of non-ortho nitro benzene ring substituents is 1. The minimum absolute atomic E-state index is 0.0286. The lowest BCUT2D eigenvalue weighted by atomic mass is 10.1. The van der Waals surface area contributed by atoms with Gasteiger partial charge in [0.15, 0.2) is 0 Å². The Morgan fingerprint density at radius 3 is 2.54 bits per heavy atom. The van der Waals surface area contributed by atoms with Crippen molar-refractivity contribution in [2.45, 2.75) is 6.18 Å². The molecule has 3 aromatic rings. The number of primary amides is 1. The molecule has 0 atom stereocenters. The standard InChI is InChI=1S/C15H10F3N7O3/c16-15(17,18)8-2-1-3-9(6-8)24(14(19)26)12-5-4-10(25(27)28)7-11(12)13-20-22-23-21-13/h1-7H,(H2,19,26)(H,20,21,22,23). The van der Waals surface area contributed by atoms with Crippen molar-refractivity contribution in [1.82, 2.24) is 20.6 Å². The minimum atomic E-state index is -4.65. The van der Waals surface area contributed by atoms with Gasteiger partial charge < -0.3 is 5.73 Å². The number of carbonyl (C=O) groups excluding carboxylic acids is 1. The first kappa shape index (κ1) is 18.8. The van der Waals surface area contributed by atoms with Crippen LogP contribution in [-0.2, 0) is 6.18 Å². The van der Waals surface area contributed by atoms with E-state index in [1.165, 1.54) is 6.07 Å². The van der Waals surface area contributed by atoms with E-state index >= 15 is 0 Å². The van der Waals surface area contributed by atoms with Crippen molar-refractivity contribution in [3.63, 3.8) is 0 Å². The Morgan fingerprint density at radius 1 is 1.21 bits per heavy atom.